The molecular formula is C20H22N6O2. The van der Waals surface area contributed by atoms with Crippen LogP contribution in [-0.2, 0) is 11.8 Å². The minimum atomic E-state index is -0.641. The molecule has 2 N–H and O–H groups in total. The molecule has 0 aliphatic heterocycles. The SMILES string of the molecule is CN(C(=O)OC(C)(C)C)c1nc(N)c(-c2cccc(C#N)c2)c2c1ncn2C. The number of fused-ring (bicyclic) bond motifs is 1. The molecule has 2 aromatic heterocycles. The topological polar surface area (TPSA) is 110 Å². The van der Waals surface area contributed by atoms with Gasteiger partial charge in [-0.1, -0.05) is 12.1 Å². The van der Waals surface area contributed by atoms with Gasteiger partial charge >= 0.3 is 6.09 Å². The fraction of sp³-hybridized carbons (Fsp3) is 0.300. The van der Waals surface area contributed by atoms with Crippen LogP contribution in [0.2, 0.25) is 0 Å². The lowest BCUT2D eigenvalue weighted by atomic mass is 10.0. The molecule has 0 saturated heterocycles. The molecule has 0 spiro atoms. The summed E-state index contributed by atoms with van der Waals surface area (Å²) in [5.74, 6) is 0.541. The molecule has 0 aliphatic carbocycles. The normalized spacial score (nSPS) is 11.3. The van der Waals surface area contributed by atoms with Gasteiger partial charge in [0.15, 0.2) is 5.82 Å². The molecule has 3 rings (SSSR count). The molecule has 0 unspecified atom stereocenters. The lowest BCUT2D eigenvalue weighted by molar-refractivity contribution is 0.0588. The molecule has 0 bridgehead atoms. The van der Waals surface area contributed by atoms with Gasteiger partial charge in [0, 0.05) is 14.1 Å². The first kappa shape index (κ1) is 19.2. The van der Waals surface area contributed by atoms with Crippen molar-refractivity contribution in [1.82, 2.24) is 14.5 Å². The van der Waals surface area contributed by atoms with Gasteiger partial charge in [-0.2, -0.15) is 5.26 Å². The number of anilines is 2. The van der Waals surface area contributed by atoms with Crippen LogP contribution < -0.4 is 10.6 Å². The summed E-state index contributed by atoms with van der Waals surface area (Å²) in [5, 5.41) is 9.20. The molecule has 1 amide bonds. The molecule has 8 nitrogen and oxygen atoms in total. The quantitative estimate of drug-likeness (QED) is 0.731. The highest BCUT2D eigenvalue weighted by atomic mass is 16.6. The zero-order valence-electron chi connectivity index (χ0n) is 16.5. The van der Waals surface area contributed by atoms with Crippen molar-refractivity contribution in [2.24, 2.45) is 7.05 Å². The van der Waals surface area contributed by atoms with Crippen LogP contribution in [0.5, 0.6) is 0 Å². The summed E-state index contributed by atoms with van der Waals surface area (Å²) in [5.41, 5.74) is 8.81. The van der Waals surface area contributed by atoms with Crippen LogP contribution in [0.4, 0.5) is 16.4 Å². The van der Waals surface area contributed by atoms with E-state index in [2.05, 4.69) is 16.0 Å². The Morgan fingerprint density at radius 1 is 1.36 bits per heavy atom. The summed E-state index contributed by atoms with van der Waals surface area (Å²) < 4.78 is 7.24. The molecule has 0 aliphatic rings. The molecule has 144 valence electrons. The van der Waals surface area contributed by atoms with Gasteiger partial charge in [0.2, 0.25) is 0 Å². The van der Waals surface area contributed by atoms with Gasteiger partial charge in [0.1, 0.15) is 16.9 Å². The number of amides is 1. The monoisotopic (exact) mass is 378 g/mol. The Morgan fingerprint density at radius 2 is 2.07 bits per heavy atom. The highest BCUT2D eigenvalue weighted by Crippen LogP contribution is 2.37. The Balaban J connectivity index is 2.20. The molecule has 0 saturated carbocycles. The van der Waals surface area contributed by atoms with Gasteiger partial charge in [0.05, 0.1) is 29.0 Å². The number of hydrogen-bond donors (Lipinski definition) is 1. The number of carbonyl (C=O) groups is 1. The second kappa shape index (κ2) is 6.85. The van der Waals surface area contributed by atoms with Crippen LogP contribution in [0.25, 0.3) is 22.2 Å². The van der Waals surface area contributed by atoms with Gasteiger partial charge in [-0.15, -0.1) is 0 Å². The van der Waals surface area contributed by atoms with Gasteiger partial charge in [-0.25, -0.2) is 14.8 Å². The Morgan fingerprint density at radius 3 is 2.71 bits per heavy atom. The Labute approximate surface area is 163 Å². The number of carbonyl (C=O) groups excluding carboxylic acids is 1. The first-order chi connectivity index (χ1) is 13.1. The molecule has 2 heterocycles. The maximum atomic E-state index is 12.5. The molecule has 0 fully saturated rings. The van der Waals surface area contributed by atoms with E-state index in [1.165, 1.54) is 4.90 Å². The number of nitrogen functional groups attached to an aromatic ring is 1. The average molecular weight is 378 g/mol. The molecule has 0 atom stereocenters. The Kier molecular flexibility index (Phi) is 4.69. The number of nitriles is 1. The van der Waals surface area contributed by atoms with Crippen molar-refractivity contribution in [2.75, 3.05) is 17.7 Å². The Hall–Kier alpha value is -3.60. The second-order valence-corrected chi connectivity index (χ2v) is 7.48. The number of nitrogens with two attached hydrogens (primary N) is 1. The first-order valence-corrected chi connectivity index (χ1v) is 8.70. The fourth-order valence-electron chi connectivity index (χ4n) is 2.91. The summed E-state index contributed by atoms with van der Waals surface area (Å²) in [6, 6.07) is 9.24. The van der Waals surface area contributed by atoms with Crippen molar-refractivity contribution in [1.29, 1.82) is 5.26 Å². The van der Waals surface area contributed by atoms with E-state index in [4.69, 9.17) is 10.5 Å². The summed E-state index contributed by atoms with van der Waals surface area (Å²) in [6.07, 6.45) is 1.08. The van der Waals surface area contributed by atoms with E-state index in [1.54, 1.807) is 52.3 Å². The van der Waals surface area contributed by atoms with Crippen molar-refractivity contribution >= 4 is 28.8 Å². The van der Waals surface area contributed by atoms with Crippen molar-refractivity contribution < 1.29 is 9.53 Å². The van der Waals surface area contributed by atoms with Crippen LogP contribution in [0.3, 0.4) is 0 Å². The summed E-state index contributed by atoms with van der Waals surface area (Å²) in [4.78, 5) is 22.7. The molecule has 3 aromatic rings. The van der Waals surface area contributed by atoms with Crippen LogP contribution in [0.15, 0.2) is 30.6 Å². The minimum Gasteiger partial charge on any atom is -0.443 e. The number of rotatable bonds is 2. The number of aryl methyl sites for hydroxylation is 1. The predicted molar refractivity (Wildman–Crippen MR) is 108 cm³/mol. The van der Waals surface area contributed by atoms with Crippen LogP contribution in [0.1, 0.15) is 26.3 Å². The van der Waals surface area contributed by atoms with Gasteiger partial charge in [-0.05, 0) is 38.5 Å². The smallest absolute Gasteiger partial charge is 0.415 e. The minimum absolute atomic E-state index is 0.233. The van der Waals surface area contributed by atoms with E-state index >= 15 is 0 Å². The van der Waals surface area contributed by atoms with Crippen molar-refractivity contribution in [3.05, 3.63) is 36.2 Å². The standard InChI is InChI=1S/C20H22N6O2/c1-20(2,3)28-19(27)26(5)18-15-16(25(4)11-23-15)14(17(22)24-18)13-8-6-7-12(9-13)10-21/h6-9,11H,1-5H3,(H2,22,24). The van der Waals surface area contributed by atoms with Gasteiger partial charge in [0.25, 0.3) is 0 Å². The number of imidazole rings is 1. The van der Waals surface area contributed by atoms with E-state index in [0.717, 1.165) is 5.56 Å². The van der Waals surface area contributed by atoms with Crippen molar-refractivity contribution in [2.45, 2.75) is 26.4 Å². The third-order valence-corrected chi connectivity index (χ3v) is 4.13. The number of pyridine rings is 1. The highest BCUT2D eigenvalue weighted by molar-refractivity contribution is 6.05. The van der Waals surface area contributed by atoms with Crippen LogP contribution >= 0.6 is 0 Å². The third kappa shape index (κ3) is 3.47. The fourth-order valence-corrected chi connectivity index (χ4v) is 2.91. The maximum Gasteiger partial charge on any atom is 0.415 e. The summed E-state index contributed by atoms with van der Waals surface area (Å²) in [7, 11) is 3.41. The predicted octanol–water partition coefficient (Wildman–Crippen LogP) is 3.46. The zero-order chi connectivity index (χ0) is 20.6. The van der Waals surface area contributed by atoms with Crippen LogP contribution in [-0.4, -0.2) is 33.3 Å². The second-order valence-electron chi connectivity index (χ2n) is 7.48. The Bertz CT molecular complexity index is 1100. The largest absolute Gasteiger partial charge is 0.443 e. The molecule has 8 heteroatoms. The van der Waals surface area contributed by atoms with E-state index in [-0.39, 0.29) is 5.82 Å². The number of hydrogen-bond acceptors (Lipinski definition) is 6. The van der Waals surface area contributed by atoms with E-state index in [1.807, 2.05) is 17.7 Å². The van der Waals surface area contributed by atoms with E-state index in [9.17, 15) is 10.1 Å². The number of benzene rings is 1. The van der Waals surface area contributed by atoms with E-state index < -0.39 is 11.7 Å². The van der Waals surface area contributed by atoms with Gasteiger partial charge in [-0.3, -0.25) is 4.90 Å². The zero-order valence-corrected chi connectivity index (χ0v) is 16.5. The number of nitrogens with zero attached hydrogens (tertiary/aromatic N) is 5. The summed E-state index contributed by atoms with van der Waals surface area (Å²) >= 11 is 0. The first-order valence-electron chi connectivity index (χ1n) is 8.70. The van der Waals surface area contributed by atoms with Gasteiger partial charge < -0.3 is 15.0 Å². The molecule has 0 radical (unpaired) electrons. The lowest BCUT2D eigenvalue weighted by Crippen LogP contribution is -2.34. The third-order valence-electron chi connectivity index (χ3n) is 4.13. The highest BCUT2D eigenvalue weighted by Gasteiger charge is 2.26. The molecule has 1 aromatic carbocycles. The number of aromatic nitrogens is 3. The average Bonchev–Trinajstić information content (AvgIpc) is 3.00. The molecule has 28 heavy (non-hydrogen) atoms. The van der Waals surface area contributed by atoms with E-state index in [0.29, 0.717) is 28.0 Å². The lowest BCUT2D eigenvalue weighted by Gasteiger charge is -2.24. The van der Waals surface area contributed by atoms with Crippen molar-refractivity contribution in [3.63, 3.8) is 0 Å². The molecular weight excluding hydrogens is 356 g/mol. The summed E-state index contributed by atoms with van der Waals surface area (Å²) in [6.45, 7) is 5.38. The van der Waals surface area contributed by atoms with Crippen molar-refractivity contribution in [3.8, 4) is 17.2 Å². The number of ether oxygens (including phenoxy) is 1. The van der Waals surface area contributed by atoms with Crippen LogP contribution in [0, 0.1) is 11.3 Å². The maximum absolute atomic E-state index is 12.5.